The summed E-state index contributed by atoms with van der Waals surface area (Å²) in [5.41, 5.74) is -0.0897. The van der Waals surface area contributed by atoms with Gasteiger partial charge in [0.1, 0.15) is 6.61 Å². The van der Waals surface area contributed by atoms with Crippen LogP contribution in [0.2, 0.25) is 0 Å². The lowest BCUT2D eigenvalue weighted by Crippen LogP contribution is -2.13. The first-order valence-corrected chi connectivity index (χ1v) is 4.15. The van der Waals surface area contributed by atoms with Crippen LogP contribution in [-0.4, -0.2) is 22.7 Å². The fourth-order valence-electron chi connectivity index (χ4n) is 0.940. The van der Waals surface area contributed by atoms with E-state index in [4.69, 9.17) is 9.84 Å². The van der Waals surface area contributed by atoms with Crippen LogP contribution in [0.3, 0.4) is 0 Å². The van der Waals surface area contributed by atoms with E-state index in [-0.39, 0.29) is 18.0 Å². The fourth-order valence-corrected chi connectivity index (χ4v) is 0.940. The second kappa shape index (κ2) is 4.57. The summed E-state index contributed by atoms with van der Waals surface area (Å²) in [5.74, 6) is 0.179. The van der Waals surface area contributed by atoms with E-state index in [0.717, 1.165) is 0 Å². The molecule has 0 radical (unpaired) electrons. The van der Waals surface area contributed by atoms with Crippen molar-refractivity contribution >= 4 is 5.69 Å². The zero-order chi connectivity index (χ0) is 10.6. The van der Waals surface area contributed by atoms with Crippen molar-refractivity contribution in [1.29, 1.82) is 0 Å². The Bertz CT molecular complexity index is 324. The molecule has 1 rings (SSSR count). The van der Waals surface area contributed by atoms with Crippen LogP contribution >= 0.6 is 0 Å². The van der Waals surface area contributed by atoms with E-state index in [0.29, 0.717) is 0 Å². The molecule has 0 heterocycles. The van der Waals surface area contributed by atoms with Gasteiger partial charge in [0, 0.05) is 6.07 Å². The van der Waals surface area contributed by atoms with Crippen molar-refractivity contribution in [3.63, 3.8) is 0 Å². The number of hydrogen-bond acceptors (Lipinski definition) is 4. The van der Waals surface area contributed by atoms with E-state index in [1.165, 1.54) is 12.1 Å². The minimum Gasteiger partial charge on any atom is -0.484 e. The summed E-state index contributed by atoms with van der Waals surface area (Å²) in [4.78, 5) is 10.0. The minimum absolute atomic E-state index is 0.0465. The molecule has 1 aromatic carbocycles. The Labute approximate surface area is 81.1 Å². The standard InChI is InChI=1S/C9H11NO4/c1-7(11)6-14-9-5-3-2-4-8(9)10(12)13/h2-5,7,11H,6H2,1H3/t7-/m1/s1. The highest BCUT2D eigenvalue weighted by molar-refractivity contribution is 5.45. The first kappa shape index (κ1) is 10.5. The molecule has 1 atom stereocenters. The summed E-state index contributed by atoms with van der Waals surface area (Å²) in [5, 5.41) is 19.5. The zero-order valence-electron chi connectivity index (χ0n) is 7.71. The molecule has 0 aliphatic heterocycles. The molecule has 0 bridgehead atoms. The third-order valence-electron chi connectivity index (χ3n) is 1.54. The zero-order valence-corrected chi connectivity index (χ0v) is 7.71. The highest BCUT2D eigenvalue weighted by Crippen LogP contribution is 2.25. The predicted molar refractivity (Wildman–Crippen MR) is 50.3 cm³/mol. The Hall–Kier alpha value is -1.62. The van der Waals surface area contributed by atoms with Gasteiger partial charge in [-0.15, -0.1) is 0 Å². The molecule has 0 fully saturated rings. The van der Waals surface area contributed by atoms with Crippen molar-refractivity contribution in [3.05, 3.63) is 34.4 Å². The molecule has 1 aromatic rings. The highest BCUT2D eigenvalue weighted by atomic mass is 16.6. The smallest absolute Gasteiger partial charge is 0.310 e. The molecule has 0 spiro atoms. The molecule has 76 valence electrons. The molecule has 0 aromatic heterocycles. The van der Waals surface area contributed by atoms with Crippen molar-refractivity contribution in [2.24, 2.45) is 0 Å². The number of rotatable bonds is 4. The lowest BCUT2D eigenvalue weighted by Gasteiger charge is -2.07. The van der Waals surface area contributed by atoms with Crippen LogP contribution in [0, 0.1) is 10.1 Å². The lowest BCUT2D eigenvalue weighted by atomic mass is 10.3. The van der Waals surface area contributed by atoms with Gasteiger partial charge in [-0.1, -0.05) is 12.1 Å². The van der Waals surface area contributed by atoms with Gasteiger partial charge in [0.15, 0.2) is 5.75 Å². The second-order valence-electron chi connectivity index (χ2n) is 2.88. The van der Waals surface area contributed by atoms with Gasteiger partial charge in [-0.05, 0) is 13.0 Å². The normalized spacial score (nSPS) is 12.1. The first-order chi connectivity index (χ1) is 6.61. The number of ether oxygens (including phenoxy) is 1. The Morgan fingerprint density at radius 2 is 2.21 bits per heavy atom. The minimum atomic E-state index is -0.644. The third-order valence-corrected chi connectivity index (χ3v) is 1.54. The molecule has 0 saturated carbocycles. The Morgan fingerprint density at radius 1 is 1.57 bits per heavy atom. The van der Waals surface area contributed by atoms with Crippen molar-refractivity contribution in [2.45, 2.75) is 13.0 Å². The molecular formula is C9H11NO4. The average molecular weight is 197 g/mol. The second-order valence-corrected chi connectivity index (χ2v) is 2.88. The van der Waals surface area contributed by atoms with Gasteiger partial charge in [0.05, 0.1) is 11.0 Å². The molecule has 0 aliphatic carbocycles. The number of nitrogens with zero attached hydrogens (tertiary/aromatic N) is 1. The summed E-state index contributed by atoms with van der Waals surface area (Å²) >= 11 is 0. The summed E-state index contributed by atoms with van der Waals surface area (Å²) in [6.07, 6.45) is -0.644. The number of nitro groups is 1. The molecule has 0 saturated heterocycles. The van der Waals surface area contributed by atoms with Gasteiger partial charge in [0.2, 0.25) is 0 Å². The van der Waals surface area contributed by atoms with Crippen molar-refractivity contribution < 1.29 is 14.8 Å². The van der Waals surface area contributed by atoms with Crippen molar-refractivity contribution in [2.75, 3.05) is 6.61 Å². The summed E-state index contributed by atoms with van der Waals surface area (Å²) < 4.78 is 5.07. The van der Waals surface area contributed by atoms with Crippen molar-refractivity contribution in [1.82, 2.24) is 0 Å². The highest BCUT2D eigenvalue weighted by Gasteiger charge is 2.13. The van der Waals surface area contributed by atoms with E-state index < -0.39 is 11.0 Å². The monoisotopic (exact) mass is 197 g/mol. The maximum absolute atomic E-state index is 10.5. The summed E-state index contributed by atoms with van der Waals surface area (Å²) in [6.45, 7) is 1.60. The predicted octanol–water partition coefficient (Wildman–Crippen LogP) is 1.35. The SMILES string of the molecule is C[C@@H](O)COc1ccccc1[N+](=O)[O-]. The van der Waals surface area contributed by atoms with Gasteiger partial charge < -0.3 is 9.84 Å². The number of benzene rings is 1. The number of nitro benzene ring substituents is 1. The molecule has 0 aliphatic rings. The maximum Gasteiger partial charge on any atom is 0.310 e. The van der Waals surface area contributed by atoms with Gasteiger partial charge in [-0.2, -0.15) is 0 Å². The third kappa shape index (κ3) is 2.70. The van der Waals surface area contributed by atoms with Crippen LogP contribution in [0.1, 0.15) is 6.92 Å². The molecular weight excluding hydrogens is 186 g/mol. The largest absolute Gasteiger partial charge is 0.484 e. The van der Waals surface area contributed by atoms with E-state index in [2.05, 4.69) is 0 Å². The van der Waals surface area contributed by atoms with Crippen LogP contribution < -0.4 is 4.74 Å². The number of aliphatic hydroxyl groups excluding tert-OH is 1. The van der Waals surface area contributed by atoms with Crippen LogP contribution in [0.5, 0.6) is 5.75 Å². The number of para-hydroxylation sites is 2. The number of aliphatic hydroxyl groups is 1. The van der Waals surface area contributed by atoms with Crippen LogP contribution in [0.25, 0.3) is 0 Å². The molecule has 14 heavy (non-hydrogen) atoms. The molecule has 5 heteroatoms. The van der Waals surface area contributed by atoms with Gasteiger partial charge in [0.25, 0.3) is 0 Å². The van der Waals surface area contributed by atoms with E-state index in [9.17, 15) is 10.1 Å². The number of hydrogen-bond donors (Lipinski definition) is 1. The lowest BCUT2D eigenvalue weighted by molar-refractivity contribution is -0.385. The van der Waals surface area contributed by atoms with Gasteiger partial charge in [-0.3, -0.25) is 10.1 Å². The van der Waals surface area contributed by atoms with Gasteiger partial charge in [-0.25, -0.2) is 0 Å². The summed E-state index contributed by atoms with van der Waals surface area (Å²) in [6, 6.07) is 6.07. The Morgan fingerprint density at radius 3 is 2.79 bits per heavy atom. The molecule has 0 unspecified atom stereocenters. The van der Waals surface area contributed by atoms with Gasteiger partial charge >= 0.3 is 5.69 Å². The molecule has 1 N–H and O–H groups in total. The molecule has 0 amide bonds. The van der Waals surface area contributed by atoms with E-state index in [1.54, 1.807) is 19.1 Å². The van der Waals surface area contributed by atoms with Crippen LogP contribution in [0.15, 0.2) is 24.3 Å². The summed E-state index contributed by atoms with van der Waals surface area (Å²) in [7, 11) is 0. The maximum atomic E-state index is 10.5. The van der Waals surface area contributed by atoms with Crippen molar-refractivity contribution in [3.8, 4) is 5.75 Å². The quantitative estimate of drug-likeness (QED) is 0.584. The average Bonchev–Trinajstić information content (AvgIpc) is 2.15. The van der Waals surface area contributed by atoms with E-state index >= 15 is 0 Å². The van der Waals surface area contributed by atoms with E-state index in [1.807, 2.05) is 0 Å². The molecule has 5 nitrogen and oxygen atoms in total. The first-order valence-electron chi connectivity index (χ1n) is 4.15. The Kier molecular flexibility index (Phi) is 3.41. The fraction of sp³-hybridized carbons (Fsp3) is 0.333. The topological polar surface area (TPSA) is 72.6 Å². The van der Waals surface area contributed by atoms with Crippen LogP contribution in [-0.2, 0) is 0 Å². The van der Waals surface area contributed by atoms with Crippen LogP contribution in [0.4, 0.5) is 5.69 Å². The Balaban J connectivity index is 2.79.